The Balaban J connectivity index is 2.09. The number of methoxy groups -OCH3 is 2. The van der Waals surface area contributed by atoms with Crippen LogP contribution in [0.3, 0.4) is 0 Å². The Morgan fingerprint density at radius 1 is 0.968 bits per heavy atom. The molecule has 0 saturated heterocycles. The van der Waals surface area contributed by atoms with Crippen LogP contribution in [0.2, 0.25) is 0 Å². The van der Waals surface area contributed by atoms with E-state index in [1.165, 1.54) is 32.0 Å². The topological polar surface area (TPSA) is 92.1 Å². The molecule has 0 aliphatic rings. The van der Waals surface area contributed by atoms with Crippen molar-refractivity contribution in [3.8, 4) is 34.6 Å². The van der Waals surface area contributed by atoms with Gasteiger partial charge in [0.1, 0.15) is 16.4 Å². The second-order valence-corrected chi connectivity index (χ2v) is 7.07. The largest absolute Gasteiger partial charge is 0.481 e. The summed E-state index contributed by atoms with van der Waals surface area (Å²) in [6, 6.07) is 16.1. The summed E-state index contributed by atoms with van der Waals surface area (Å²) in [5, 5.41) is 4.47. The third-order valence-corrected chi connectivity index (χ3v) is 4.81. The summed E-state index contributed by atoms with van der Waals surface area (Å²) in [5.74, 6) is 0.0483. The van der Waals surface area contributed by atoms with Gasteiger partial charge in [-0.1, -0.05) is 47.6 Å². The van der Waals surface area contributed by atoms with Crippen LogP contribution in [0.15, 0.2) is 59.8 Å². The quantitative estimate of drug-likeness (QED) is 0.224. The van der Waals surface area contributed by atoms with Crippen LogP contribution in [0, 0.1) is 0 Å². The van der Waals surface area contributed by atoms with Crippen LogP contribution in [0.25, 0.3) is 11.1 Å². The molecule has 0 aliphatic carbocycles. The van der Waals surface area contributed by atoms with E-state index < -0.39 is 5.97 Å². The molecular weight excluding hydrogens is 418 g/mol. The van der Waals surface area contributed by atoms with Gasteiger partial charge in [0.15, 0.2) is 0 Å². The molecule has 1 aromatic heterocycles. The molecule has 8 nitrogen and oxygen atoms in total. The van der Waals surface area contributed by atoms with Crippen molar-refractivity contribution in [2.24, 2.45) is 5.16 Å². The molecule has 0 fully saturated rings. The Kier molecular flexibility index (Phi) is 7.45. The minimum Gasteiger partial charge on any atom is -0.481 e. The van der Waals surface area contributed by atoms with Crippen molar-refractivity contribution in [1.82, 2.24) is 9.97 Å². The molecule has 31 heavy (non-hydrogen) atoms. The molecule has 160 valence electrons. The van der Waals surface area contributed by atoms with Crippen molar-refractivity contribution in [2.45, 2.75) is 6.92 Å². The van der Waals surface area contributed by atoms with E-state index >= 15 is 0 Å². The van der Waals surface area contributed by atoms with E-state index in [0.29, 0.717) is 10.6 Å². The van der Waals surface area contributed by atoms with E-state index in [-0.39, 0.29) is 29.1 Å². The number of thioether (sulfide) groups is 1. The zero-order chi connectivity index (χ0) is 22.2. The van der Waals surface area contributed by atoms with Crippen LogP contribution < -0.4 is 14.2 Å². The number of oxime groups is 1. The number of benzene rings is 2. The lowest BCUT2D eigenvalue weighted by Crippen LogP contribution is -2.08. The van der Waals surface area contributed by atoms with Crippen LogP contribution in [0.5, 0.6) is 23.5 Å². The smallest absolute Gasteiger partial charge is 0.370 e. The van der Waals surface area contributed by atoms with Crippen molar-refractivity contribution in [3.05, 3.63) is 60.2 Å². The first-order valence-corrected chi connectivity index (χ1v) is 10.4. The number of carbonyl (C=O) groups excluding carboxylic acids is 1. The summed E-state index contributed by atoms with van der Waals surface area (Å²) in [6.45, 7) is 1.74. The lowest BCUT2D eigenvalue weighted by molar-refractivity contribution is 0.0515. The standard InChI is InChI=1S/C22H21N3O5S/c1-14(31-4)25-30-21(26)20-16(15-9-6-5-7-10-15)11-8-12-17(20)29-22-23-18(27-2)13-19(24-22)28-3/h5-13H,1-4H3/b25-14-. The molecule has 0 atom stereocenters. The van der Waals surface area contributed by atoms with E-state index in [0.717, 1.165) is 5.56 Å². The fourth-order valence-corrected chi connectivity index (χ4v) is 2.72. The fourth-order valence-electron chi connectivity index (χ4n) is 2.61. The molecule has 9 heteroatoms. The first kappa shape index (κ1) is 22.1. The number of rotatable bonds is 7. The average Bonchev–Trinajstić information content (AvgIpc) is 2.82. The molecule has 3 rings (SSSR count). The Morgan fingerprint density at radius 3 is 2.26 bits per heavy atom. The van der Waals surface area contributed by atoms with Crippen LogP contribution in [-0.2, 0) is 4.84 Å². The summed E-state index contributed by atoms with van der Waals surface area (Å²) in [7, 11) is 2.94. The summed E-state index contributed by atoms with van der Waals surface area (Å²) < 4.78 is 16.2. The molecule has 3 aromatic rings. The summed E-state index contributed by atoms with van der Waals surface area (Å²) in [5.41, 5.74) is 1.63. The first-order chi connectivity index (χ1) is 15.0. The van der Waals surface area contributed by atoms with Gasteiger partial charge in [-0.2, -0.15) is 9.97 Å². The highest BCUT2D eigenvalue weighted by molar-refractivity contribution is 8.13. The molecule has 0 bridgehead atoms. The zero-order valence-corrected chi connectivity index (χ0v) is 18.3. The van der Waals surface area contributed by atoms with Gasteiger partial charge in [0.25, 0.3) is 0 Å². The van der Waals surface area contributed by atoms with Crippen LogP contribution >= 0.6 is 11.8 Å². The van der Waals surface area contributed by atoms with E-state index in [4.69, 9.17) is 19.0 Å². The van der Waals surface area contributed by atoms with E-state index in [9.17, 15) is 4.79 Å². The lowest BCUT2D eigenvalue weighted by Gasteiger charge is -2.13. The molecule has 2 aromatic carbocycles. The van der Waals surface area contributed by atoms with Crippen molar-refractivity contribution in [1.29, 1.82) is 0 Å². The molecule has 1 heterocycles. The van der Waals surface area contributed by atoms with Gasteiger partial charge in [-0.25, -0.2) is 4.79 Å². The van der Waals surface area contributed by atoms with Crippen LogP contribution in [0.4, 0.5) is 0 Å². The van der Waals surface area contributed by atoms with E-state index in [1.807, 2.05) is 36.6 Å². The van der Waals surface area contributed by atoms with Crippen molar-refractivity contribution >= 4 is 22.8 Å². The predicted octanol–water partition coefficient (Wildman–Crippen LogP) is 4.81. The van der Waals surface area contributed by atoms with Crippen LogP contribution in [-0.4, -0.2) is 41.5 Å². The molecule has 0 N–H and O–H groups in total. The van der Waals surface area contributed by atoms with Gasteiger partial charge in [-0.3, -0.25) is 0 Å². The predicted molar refractivity (Wildman–Crippen MR) is 119 cm³/mol. The number of carbonyl (C=O) groups is 1. The number of ether oxygens (including phenoxy) is 3. The second-order valence-electron chi connectivity index (χ2n) is 6.08. The van der Waals surface area contributed by atoms with Crippen molar-refractivity contribution < 1.29 is 23.8 Å². The minimum atomic E-state index is -0.669. The summed E-state index contributed by atoms with van der Waals surface area (Å²) >= 11 is 1.37. The van der Waals surface area contributed by atoms with E-state index in [1.54, 1.807) is 25.1 Å². The molecule has 0 amide bonds. The SMILES string of the molecule is COc1cc(OC)nc(Oc2cccc(-c3ccccc3)c2C(=O)O/N=C(/C)SC)n1. The molecule has 0 saturated carbocycles. The third kappa shape index (κ3) is 5.52. The zero-order valence-electron chi connectivity index (χ0n) is 17.5. The van der Waals surface area contributed by atoms with Crippen molar-refractivity contribution in [2.75, 3.05) is 20.5 Å². The lowest BCUT2D eigenvalue weighted by atomic mass is 9.99. The Hall–Kier alpha value is -3.59. The maximum atomic E-state index is 13.0. The number of hydrogen-bond donors (Lipinski definition) is 0. The van der Waals surface area contributed by atoms with Crippen LogP contribution in [0.1, 0.15) is 17.3 Å². The van der Waals surface area contributed by atoms with Gasteiger partial charge in [0.2, 0.25) is 11.8 Å². The number of hydrogen-bond acceptors (Lipinski definition) is 9. The Labute approximate surface area is 184 Å². The van der Waals surface area contributed by atoms with Gasteiger partial charge in [0.05, 0.1) is 20.3 Å². The van der Waals surface area contributed by atoms with Gasteiger partial charge in [-0.05, 0) is 24.8 Å². The molecule has 0 spiro atoms. The highest BCUT2D eigenvalue weighted by Crippen LogP contribution is 2.34. The first-order valence-electron chi connectivity index (χ1n) is 9.19. The normalized spacial score (nSPS) is 11.0. The maximum absolute atomic E-state index is 13.0. The second kappa shape index (κ2) is 10.4. The monoisotopic (exact) mass is 439 g/mol. The van der Waals surface area contributed by atoms with Gasteiger partial charge >= 0.3 is 12.0 Å². The Bertz CT molecular complexity index is 1070. The third-order valence-electron chi connectivity index (χ3n) is 4.15. The van der Waals surface area contributed by atoms with Gasteiger partial charge in [-0.15, -0.1) is 11.8 Å². The maximum Gasteiger partial charge on any atom is 0.370 e. The number of aromatic nitrogens is 2. The van der Waals surface area contributed by atoms with E-state index in [2.05, 4.69) is 15.1 Å². The number of nitrogens with zero attached hydrogens (tertiary/aromatic N) is 3. The highest BCUT2D eigenvalue weighted by Gasteiger charge is 2.22. The molecule has 0 unspecified atom stereocenters. The minimum absolute atomic E-state index is 0.0424. The molecular formula is C22H21N3O5S. The molecule has 0 aliphatic heterocycles. The highest BCUT2D eigenvalue weighted by atomic mass is 32.2. The average molecular weight is 439 g/mol. The van der Waals surface area contributed by atoms with Crippen molar-refractivity contribution in [3.63, 3.8) is 0 Å². The van der Waals surface area contributed by atoms with Gasteiger partial charge < -0.3 is 19.0 Å². The van der Waals surface area contributed by atoms with Gasteiger partial charge in [0, 0.05) is 5.56 Å². The Morgan fingerprint density at radius 2 is 1.65 bits per heavy atom. The molecule has 0 radical (unpaired) electrons. The fraction of sp³-hybridized carbons (Fsp3) is 0.182. The summed E-state index contributed by atoms with van der Waals surface area (Å²) in [6.07, 6.45) is 1.84. The summed E-state index contributed by atoms with van der Waals surface area (Å²) in [4.78, 5) is 26.5.